The van der Waals surface area contributed by atoms with Crippen LogP contribution in [0.2, 0.25) is 0 Å². The van der Waals surface area contributed by atoms with Crippen molar-refractivity contribution in [1.29, 1.82) is 0 Å². The Morgan fingerprint density at radius 2 is 2.03 bits per heavy atom. The highest BCUT2D eigenvalue weighted by Crippen LogP contribution is 2.26. The summed E-state index contributed by atoms with van der Waals surface area (Å²) in [4.78, 5) is 20.8. The van der Waals surface area contributed by atoms with E-state index in [1.54, 1.807) is 13.3 Å². The normalized spacial score (nSPS) is 11.7. The van der Waals surface area contributed by atoms with Gasteiger partial charge in [0.1, 0.15) is 5.75 Å². The zero-order valence-electron chi connectivity index (χ0n) is 17.9. The third-order valence-electron chi connectivity index (χ3n) is 5.31. The Bertz CT molecular complexity index is 1040. The van der Waals surface area contributed by atoms with E-state index >= 15 is 0 Å². The van der Waals surface area contributed by atoms with Crippen molar-refractivity contribution in [2.75, 3.05) is 7.11 Å². The Balaban J connectivity index is 1.75. The quantitative estimate of drug-likeness (QED) is 0.445. The molecule has 0 amide bonds. The van der Waals surface area contributed by atoms with Crippen LogP contribution in [-0.2, 0) is 17.6 Å². The van der Waals surface area contributed by atoms with Crippen LogP contribution in [0.3, 0.4) is 0 Å². The molecule has 0 radical (unpaired) electrons. The molecule has 154 valence electrons. The van der Waals surface area contributed by atoms with Gasteiger partial charge in [-0.15, -0.1) is 0 Å². The predicted octanol–water partition coefficient (Wildman–Crippen LogP) is 5.49. The molecule has 3 aromatic rings. The van der Waals surface area contributed by atoms with Crippen LogP contribution in [0.4, 0.5) is 0 Å². The molecule has 1 aromatic heterocycles. The van der Waals surface area contributed by atoms with Gasteiger partial charge in [-0.3, -0.25) is 9.78 Å². The maximum atomic E-state index is 11.5. The van der Waals surface area contributed by atoms with Crippen LogP contribution in [-0.4, -0.2) is 22.9 Å². The molecule has 2 aromatic carbocycles. The molecular formula is C26H28N2O2. The number of aryl methyl sites for hydroxylation is 2. The van der Waals surface area contributed by atoms with Crippen molar-refractivity contribution in [1.82, 2.24) is 9.97 Å². The van der Waals surface area contributed by atoms with Gasteiger partial charge in [-0.05, 0) is 54.5 Å². The van der Waals surface area contributed by atoms with Crippen molar-refractivity contribution in [3.8, 4) is 17.0 Å². The lowest BCUT2D eigenvalue weighted by molar-refractivity contribution is -0.114. The highest BCUT2D eigenvalue weighted by molar-refractivity contribution is 5.89. The van der Waals surface area contributed by atoms with E-state index in [1.807, 2.05) is 31.3 Å². The van der Waals surface area contributed by atoms with Gasteiger partial charge in [-0.25, -0.2) is 4.98 Å². The smallest absolute Gasteiger partial charge is 0.155 e. The minimum absolute atomic E-state index is 0.0771. The van der Waals surface area contributed by atoms with Gasteiger partial charge in [0.15, 0.2) is 5.78 Å². The van der Waals surface area contributed by atoms with E-state index in [-0.39, 0.29) is 11.7 Å². The van der Waals surface area contributed by atoms with Crippen molar-refractivity contribution in [3.63, 3.8) is 0 Å². The highest BCUT2D eigenvalue weighted by Gasteiger charge is 2.11. The summed E-state index contributed by atoms with van der Waals surface area (Å²) < 4.78 is 5.44. The Hall–Kier alpha value is -3.27. The molecule has 0 saturated carbocycles. The summed E-state index contributed by atoms with van der Waals surface area (Å²) in [6.07, 6.45) is 7.03. The van der Waals surface area contributed by atoms with Crippen LogP contribution >= 0.6 is 0 Å². The van der Waals surface area contributed by atoms with Gasteiger partial charge in [0.2, 0.25) is 0 Å². The summed E-state index contributed by atoms with van der Waals surface area (Å²) in [5.74, 6) is 1.21. The van der Waals surface area contributed by atoms with Gasteiger partial charge in [0.25, 0.3) is 0 Å². The number of methoxy groups -OCH3 is 1. The molecule has 0 unspecified atom stereocenters. The number of ketones is 1. The Labute approximate surface area is 178 Å². The summed E-state index contributed by atoms with van der Waals surface area (Å²) in [6, 6.07) is 14.5. The van der Waals surface area contributed by atoms with Crippen molar-refractivity contribution in [2.24, 2.45) is 0 Å². The maximum absolute atomic E-state index is 11.5. The summed E-state index contributed by atoms with van der Waals surface area (Å²) in [7, 11) is 1.68. The van der Waals surface area contributed by atoms with E-state index in [1.165, 1.54) is 17.2 Å². The maximum Gasteiger partial charge on any atom is 0.155 e. The van der Waals surface area contributed by atoms with E-state index in [0.29, 0.717) is 6.42 Å². The Morgan fingerprint density at radius 3 is 2.80 bits per heavy atom. The number of allylic oxidation sites excluding steroid dienone is 1. The van der Waals surface area contributed by atoms with Gasteiger partial charge in [0, 0.05) is 18.2 Å². The molecule has 0 aliphatic heterocycles. The first-order chi connectivity index (χ1) is 14.5. The lowest BCUT2D eigenvalue weighted by atomic mass is 9.93. The molecule has 1 heterocycles. The fraction of sp³-hybridized carbons (Fsp3) is 0.269. The van der Waals surface area contributed by atoms with Crippen molar-refractivity contribution in [2.45, 2.75) is 39.0 Å². The molecular weight excluding hydrogens is 372 g/mol. The lowest BCUT2D eigenvalue weighted by Gasteiger charge is -2.14. The molecule has 30 heavy (non-hydrogen) atoms. The topological polar surface area (TPSA) is 52.1 Å². The average molecular weight is 401 g/mol. The molecule has 0 aliphatic rings. The average Bonchev–Trinajstić information content (AvgIpc) is 2.78. The third kappa shape index (κ3) is 5.41. The van der Waals surface area contributed by atoms with Gasteiger partial charge in [-0.2, -0.15) is 0 Å². The third-order valence-corrected chi connectivity index (χ3v) is 5.31. The van der Waals surface area contributed by atoms with Gasteiger partial charge in [0.05, 0.1) is 24.7 Å². The van der Waals surface area contributed by atoms with Gasteiger partial charge >= 0.3 is 0 Å². The summed E-state index contributed by atoms with van der Waals surface area (Å²) in [5.41, 5.74) is 6.28. The largest absolute Gasteiger partial charge is 0.496 e. The number of nitrogens with zero attached hydrogens (tertiary/aromatic N) is 2. The van der Waals surface area contributed by atoms with Crippen LogP contribution in [0.1, 0.15) is 41.6 Å². The monoisotopic (exact) mass is 400 g/mol. The van der Waals surface area contributed by atoms with E-state index in [0.717, 1.165) is 41.1 Å². The lowest BCUT2D eigenvalue weighted by Crippen LogP contribution is -2.03. The number of carbonyl (C=O) groups excluding carboxylic acids is 1. The van der Waals surface area contributed by atoms with Crippen LogP contribution < -0.4 is 4.74 Å². The van der Waals surface area contributed by atoms with Gasteiger partial charge in [-0.1, -0.05) is 49.9 Å². The first kappa shape index (κ1) is 21.4. The Kier molecular flexibility index (Phi) is 7.12. The number of hydrogen-bond acceptors (Lipinski definition) is 4. The number of benzene rings is 2. The molecule has 0 fully saturated rings. The fourth-order valence-electron chi connectivity index (χ4n) is 3.48. The van der Waals surface area contributed by atoms with E-state index in [2.05, 4.69) is 42.8 Å². The zero-order chi connectivity index (χ0) is 21.5. The minimum atomic E-state index is 0.0771. The molecule has 0 bridgehead atoms. The summed E-state index contributed by atoms with van der Waals surface area (Å²) in [6.45, 7) is 7.75. The highest BCUT2D eigenvalue weighted by atomic mass is 16.5. The van der Waals surface area contributed by atoms with Crippen LogP contribution in [0.15, 0.2) is 67.5 Å². The molecule has 1 atom stereocenters. The van der Waals surface area contributed by atoms with Crippen LogP contribution in [0.5, 0.6) is 5.75 Å². The van der Waals surface area contributed by atoms with E-state index in [9.17, 15) is 4.79 Å². The van der Waals surface area contributed by atoms with E-state index in [4.69, 9.17) is 9.72 Å². The van der Waals surface area contributed by atoms with Crippen LogP contribution in [0, 0.1) is 6.92 Å². The van der Waals surface area contributed by atoms with Crippen LogP contribution in [0.25, 0.3) is 11.3 Å². The first-order valence-electron chi connectivity index (χ1n) is 10.2. The summed E-state index contributed by atoms with van der Waals surface area (Å²) in [5, 5.41) is 0. The predicted molar refractivity (Wildman–Crippen MR) is 121 cm³/mol. The second-order valence-electron chi connectivity index (χ2n) is 7.60. The molecule has 4 nitrogen and oxygen atoms in total. The SMILES string of the molecule is C=CC(=O)CCc1cccc([C@H](C)Cc2cncc(-c3ccc(C)c(OC)c3)n2)c1. The number of ether oxygens (including phenoxy) is 1. The number of aromatic nitrogens is 2. The fourth-order valence-corrected chi connectivity index (χ4v) is 3.48. The van der Waals surface area contributed by atoms with Crippen molar-refractivity contribution >= 4 is 5.78 Å². The number of rotatable bonds is 9. The Morgan fingerprint density at radius 1 is 1.20 bits per heavy atom. The van der Waals surface area contributed by atoms with Gasteiger partial charge < -0.3 is 4.74 Å². The molecule has 0 aliphatic carbocycles. The summed E-state index contributed by atoms with van der Waals surface area (Å²) >= 11 is 0. The standard InChI is InChI=1S/C26H28N2O2/c1-5-24(29)12-10-20-7-6-8-21(14-20)19(3)13-23-16-27-17-25(28-23)22-11-9-18(2)26(15-22)30-4/h5-9,11,14-17,19H,1,10,12-13H2,2-4H3/t19-/m1/s1. The molecule has 3 rings (SSSR count). The number of carbonyl (C=O) groups is 1. The first-order valence-corrected chi connectivity index (χ1v) is 10.2. The molecule has 0 spiro atoms. The number of hydrogen-bond donors (Lipinski definition) is 0. The molecule has 0 saturated heterocycles. The second kappa shape index (κ2) is 9.97. The van der Waals surface area contributed by atoms with Crippen molar-refractivity contribution in [3.05, 3.63) is 89.9 Å². The van der Waals surface area contributed by atoms with E-state index < -0.39 is 0 Å². The zero-order valence-corrected chi connectivity index (χ0v) is 17.9. The second-order valence-corrected chi connectivity index (χ2v) is 7.60. The minimum Gasteiger partial charge on any atom is -0.496 e. The van der Waals surface area contributed by atoms with Crippen molar-refractivity contribution < 1.29 is 9.53 Å². The molecule has 0 N–H and O–H groups in total. The molecule has 4 heteroatoms.